The van der Waals surface area contributed by atoms with Gasteiger partial charge >= 0.3 is 0 Å². The number of benzene rings is 1. The summed E-state index contributed by atoms with van der Waals surface area (Å²) >= 11 is 12.0. The zero-order valence-electron chi connectivity index (χ0n) is 15.8. The van der Waals surface area contributed by atoms with Crippen molar-refractivity contribution in [3.05, 3.63) is 33.8 Å². The third-order valence-corrected chi connectivity index (χ3v) is 6.25. The number of ether oxygens (including phenoxy) is 3. The summed E-state index contributed by atoms with van der Waals surface area (Å²) in [6, 6.07) is 6.66. The lowest BCUT2D eigenvalue weighted by molar-refractivity contribution is -0.185. The molecule has 3 saturated heterocycles. The molecular formula is C20H27Cl2NO4. The van der Waals surface area contributed by atoms with Crippen LogP contribution in [0, 0.1) is 0 Å². The Morgan fingerprint density at radius 1 is 1.00 bits per heavy atom. The quantitative estimate of drug-likeness (QED) is 0.727. The van der Waals surface area contributed by atoms with Crippen LogP contribution in [-0.4, -0.2) is 49.6 Å². The van der Waals surface area contributed by atoms with Crippen LogP contribution < -0.4 is 0 Å². The summed E-state index contributed by atoms with van der Waals surface area (Å²) in [6.07, 6.45) is 5.53. The van der Waals surface area contributed by atoms with Crippen molar-refractivity contribution in [1.29, 1.82) is 0 Å². The number of methoxy groups -OCH3 is 2. The van der Waals surface area contributed by atoms with Gasteiger partial charge in [-0.2, -0.15) is 0 Å². The van der Waals surface area contributed by atoms with Crippen molar-refractivity contribution in [3.63, 3.8) is 0 Å². The molecule has 3 aliphatic heterocycles. The minimum absolute atomic E-state index is 0.0463. The summed E-state index contributed by atoms with van der Waals surface area (Å²) in [5, 5.41) is 1.20. The number of hydrogen-bond donors (Lipinski definition) is 0. The number of ketones is 1. The van der Waals surface area contributed by atoms with Crippen molar-refractivity contribution in [2.24, 2.45) is 0 Å². The Balaban J connectivity index is 0.000000197. The van der Waals surface area contributed by atoms with Gasteiger partial charge in [0.2, 0.25) is 0 Å². The van der Waals surface area contributed by atoms with Crippen molar-refractivity contribution in [2.75, 3.05) is 14.2 Å². The van der Waals surface area contributed by atoms with Crippen molar-refractivity contribution in [2.45, 2.75) is 69.7 Å². The fraction of sp³-hybridized carbons (Fsp3) is 0.650. The van der Waals surface area contributed by atoms with Gasteiger partial charge in [0.25, 0.3) is 0 Å². The Morgan fingerprint density at radius 2 is 1.59 bits per heavy atom. The highest BCUT2D eigenvalue weighted by Gasteiger charge is 2.39. The Morgan fingerprint density at radius 3 is 2.07 bits per heavy atom. The van der Waals surface area contributed by atoms with Crippen LogP contribution in [0.5, 0.6) is 0 Å². The largest absolute Gasteiger partial charge is 0.356 e. The molecule has 3 aliphatic rings. The maximum absolute atomic E-state index is 11.6. The van der Waals surface area contributed by atoms with E-state index in [0.29, 0.717) is 27.9 Å². The van der Waals surface area contributed by atoms with Gasteiger partial charge in [0.15, 0.2) is 12.6 Å². The number of piperidine rings is 1. The second kappa shape index (κ2) is 9.68. The van der Waals surface area contributed by atoms with E-state index in [2.05, 4.69) is 4.90 Å². The van der Waals surface area contributed by atoms with Crippen molar-refractivity contribution in [3.8, 4) is 0 Å². The number of halogens is 2. The molecular weight excluding hydrogens is 389 g/mol. The average molecular weight is 416 g/mol. The summed E-state index contributed by atoms with van der Waals surface area (Å²) < 4.78 is 15.1. The molecule has 0 aliphatic carbocycles. The number of carbonyl (C=O) groups excluding carboxylic acids is 1. The summed E-state index contributed by atoms with van der Waals surface area (Å²) in [7, 11) is 3.28. The van der Waals surface area contributed by atoms with Crippen LogP contribution in [0.2, 0.25) is 10.0 Å². The number of rotatable bonds is 4. The van der Waals surface area contributed by atoms with Gasteiger partial charge in [0, 0.05) is 58.5 Å². The molecule has 0 N–H and O–H groups in total. The first kappa shape index (κ1) is 21.0. The fourth-order valence-electron chi connectivity index (χ4n) is 4.09. The van der Waals surface area contributed by atoms with Crippen LogP contribution in [0.3, 0.4) is 0 Å². The van der Waals surface area contributed by atoms with E-state index in [9.17, 15) is 4.79 Å². The summed E-state index contributed by atoms with van der Waals surface area (Å²) in [5.41, 5.74) is 1.18. The lowest BCUT2D eigenvalue weighted by Crippen LogP contribution is -2.42. The van der Waals surface area contributed by atoms with E-state index in [4.69, 9.17) is 37.4 Å². The molecule has 5 nitrogen and oxygen atoms in total. The van der Waals surface area contributed by atoms with Crippen LogP contribution in [-0.2, 0) is 25.5 Å². The highest BCUT2D eigenvalue weighted by molar-refractivity contribution is 6.42. The second-order valence-electron chi connectivity index (χ2n) is 7.30. The summed E-state index contributed by atoms with van der Waals surface area (Å²) in [5.74, 6) is 0.424. The smallest absolute Gasteiger partial charge is 0.160 e. The van der Waals surface area contributed by atoms with E-state index in [1.54, 1.807) is 14.2 Å². The zero-order chi connectivity index (χ0) is 19.4. The first-order chi connectivity index (χ1) is 13.0. The lowest BCUT2D eigenvalue weighted by Gasteiger charge is -2.34. The first-order valence-corrected chi connectivity index (χ1v) is 10.2. The van der Waals surface area contributed by atoms with Gasteiger partial charge in [0.1, 0.15) is 5.78 Å². The monoisotopic (exact) mass is 415 g/mol. The SMILES string of the molecule is COC1CCC(OC)O1.O=C1CC2CCC(C1)N2Cc1ccc(Cl)c(Cl)c1. The Kier molecular flexibility index (Phi) is 7.54. The highest BCUT2D eigenvalue weighted by atomic mass is 35.5. The van der Waals surface area contributed by atoms with Crippen LogP contribution in [0.4, 0.5) is 0 Å². The van der Waals surface area contributed by atoms with E-state index in [1.807, 2.05) is 18.2 Å². The average Bonchev–Trinajstić information content (AvgIpc) is 3.21. The van der Waals surface area contributed by atoms with E-state index in [-0.39, 0.29) is 12.6 Å². The normalized spacial score (nSPS) is 30.3. The fourth-order valence-corrected chi connectivity index (χ4v) is 4.41. The molecule has 0 radical (unpaired) electrons. The van der Waals surface area contributed by atoms with Crippen molar-refractivity contribution in [1.82, 2.24) is 4.90 Å². The topological polar surface area (TPSA) is 48.0 Å². The molecule has 1 aromatic carbocycles. The number of carbonyl (C=O) groups is 1. The Hall–Kier alpha value is -0.690. The minimum Gasteiger partial charge on any atom is -0.356 e. The third-order valence-electron chi connectivity index (χ3n) is 5.51. The van der Waals surface area contributed by atoms with Crippen LogP contribution >= 0.6 is 23.2 Å². The molecule has 0 amide bonds. The molecule has 4 unspecified atom stereocenters. The summed E-state index contributed by atoms with van der Waals surface area (Å²) in [4.78, 5) is 14.0. The van der Waals surface area contributed by atoms with Crippen LogP contribution in [0.1, 0.15) is 44.1 Å². The predicted molar refractivity (Wildman–Crippen MR) is 105 cm³/mol. The molecule has 4 rings (SSSR count). The Labute approximate surface area is 170 Å². The molecule has 0 saturated carbocycles. The molecule has 0 aromatic heterocycles. The molecule has 4 atom stereocenters. The van der Waals surface area contributed by atoms with Gasteiger partial charge in [-0.05, 0) is 30.5 Å². The number of fused-ring (bicyclic) bond motifs is 2. The minimum atomic E-state index is -0.0463. The van der Waals surface area contributed by atoms with E-state index in [0.717, 1.165) is 45.1 Å². The molecule has 0 spiro atoms. The molecule has 1 aromatic rings. The molecule has 3 fully saturated rings. The van der Waals surface area contributed by atoms with E-state index >= 15 is 0 Å². The zero-order valence-corrected chi connectivity index (χ0v) is 17.3. The number of nitrogens with zero attached hydrogens (tertiary/aromatic N) is 1. The standard InChI is InChI=1S/C14H15Cl2NO.C6H12O3/c15-13-4-1-9(5-14(13)16)8-17-10-2-3-11(17)7-12(18)6-10;1-7-5-3-4-6(8-2)9-5/h1,4-5,10-11H,2-3,6-8H2;5-6H,3-4H2,1-2H3. The molecule has 2 bridgehead atoms. The van der Waals surface area contributed by atoms with Gasteiger partial charge < -0.3 is 14.2 Å². The first-order valence-electron chi connectivity index (χ1n) is 9.42. The van der Waals surface area contributed by atoms with E-state index < -0.39 is 0 Å². The number of Topliss-reactive ketones (excluding diaryl/α,β-unsaturated/α-hetero) is 1. The van der Waals surface area contributed by atoms with Gasteiger partial charge in [-0.15, -0.1) is 0 Å². The van der Waals surface area contributed by atoms with Crippen LogP contribution in [0.15, 0.2) is 18.2 Å². The second-order valence-corrected chi connectivity index (χ2v) is 8.11. The molecule has 27 heavy (non-hydrogen) atoms. The molecule has 3 heterocycles. The highest BCUT2D eigenvalue weighted by Crippen LogP contribution is 2.35. The van der Waals surface area contributed by atoms with Gasteiger partial charge in [-0.25, -0.2) is 0 Å². The van der Waals surface area contributed by atoms with E-state index in [1.165, 1.54) is 5.56 Å². The summed E-state index contributed by atoms with van der Waals surface area (Å²) in [6.45, 7) is 0.875. The number of hydrogen-bond acceptors (Lipinski definition) is 5. The molecule has 150 valence electrons. The van der Waals surface area contributed by atoms with Gasteiger partial charge in [-0.1, -0.05) is 29.3 Å². The van der Waals surface area contributed by atoms with Crippen LogP contribution in [0.25, 0.3) is 0 Å². The van der Waals surface area contributed by atoms with Gasteiger partial charge in [0.05, 0.1) is 10.0 Å². The van der Waals surface area contributed by atoms with Crippen molar-refractivity contribution >= 4 is 29.0 Å². The predicted octanol–water partition coefficient (Wildman–Crippen LogP) is 4.43. The Bertz CT molecular complexity index is 631. The maximum atomic E-state index is 11.6. The maximum Gasteiger partial charge on any atom is 0.160 e. The lowest BCUT2D eigenvalue weighted by atomic mass is 10.0. The molecule has 7 heteroatoms. The third kappa shape index (κ3) is 5.43. The van der Waals surface area contributed by atoms with Gasteiger partial charge in [-0.3, -0.25) is 9.69 Å². The van der Waals surface area contributed by atoms with Crippen molar-refractivity contribution < 1.29 is 19.0 Å².